The molecular formula is C15H14N8. The zero-order valence-electron chi connectivity index (χ0n) is 12.2. The number of imidazole rings is 1. The summed E-state index contributed by atoms with van der Waals surface area (Å²) in [6, 6.07) is 9.81. The third kappa shape index (κ3) is 2.73. The van der Waals surface area contributed by atoms with Crippen molar-refractivity contribution in [3.8, 4) is 11.4 Å². The summed E-state index contributed by atoms with van der Waals surface area (Å²) in [6.45, 7) is 0.704. The molecule has 0 aliphatic heterocycles. The number of fused-ring (bicyclic) bond motifs is 1. The van der Waals surface area contributed by atoms with Gasteiger partial charge in [0, 0.05) is 30.4 Å². The van der Waals surface area contributed by atoms with Crippen LogP contribution in [0.25, 0.3) is 22.6 Å². The molecule has 3 N–H and O–H groups in total. The van der Waals surface area contributed by atoms with Crippen molar-refractivity contribution in [1.29, 1.82) is 0 Å². The van der Waals surface area contributed by atoms with Crippen LogP contribution in [0.2, 0.25) is 0 Å². The van der Waals surface area contributed by atoms with E-state index in [1.165, 1.54) is 0 Å². The van der Waals surface area contributed by atoms with E-state index < -0.39 is 0 Å². The largest absolute Gasteiger partial charge is 0.368 e. The molecule has 0 fully saturated rings. The number of rotatable bonds is 5. The van der Waals surface area contributed by atoms with E-state index in [0.717, 1.165) is 17.7 Å². The molecule has 0 unspecified atom stereocenters. The highest BCUT2D eigenvalue weighted by Crippen LogP contribution is 2.21. The fraction of sp³-hybridized carbons (Fsp3) is 0.133. The lowest BCUT2D eigenvalue weighted by Gasteiger charge is -2.07. The van der Waals surface area contributed by atoms with E-state index in [-0.39, 0.29) is 0 Å². The third-order valence-corrected chi connectivity index (χ3v) is 3.46. The fourth-order valence-electron chi connectivity index (χ4n) is 2.32. The highest BCUT2D eigenvalue weighted by atomic mass is 15.4. The Labute approximate surface area is 131 Å². The van der Waals surface area contributed by atoms with E-state index in [1.54, 1.807) is 6.33 Å². The van der Waals surface area contributed by atoms with Gasteiger partial charge in [-0.1, -0.05) is 30.3 Å². The van der Waals surface area contributed by atoms with Gasteiger partial charge in [0.25, 0.3) is 0 Å². The molecule has 23 heavy (non-hydrogen) atoms. The number of H-pyrrole nitrogens is 2. The van der Waals surface area contributed by atoms with Crippen LogP contribution in [-0.4, -0.2) is 41.9 Å². The second kappa shape index (κ2) is 5.84. The fourth-order valence-corrected chi connectivity index (χ4v) is 2.32. The summed E-state index contributed by atoms with van der Waals surface area (Å²) in [4.78, 5) is 16.1. The normalized spacial score (nSPS) is 11.0. The molecule has 0 aliphatic rings. The van der Waals surface area contributed by atoms with Crippen LogP contribution < -0.4 is 5.32 Å². The Bertz CT molecular complexity index is 898. The molecule has 0 saturated carbocycles. The summed E-state index contributed by atoms with van der Waals surface area (Å²) >= 11 is 0. The van der Waals surface area contributed by atoms with Gasteiger partial charge in [0.1, 0.15) is 0 Å². The van der Waals surface area contributed by atoms with Gasteiger partial charge < -0.3 is 10.3 Å². The van der Waals surface area contributed by atoms with Crippen molar-refractivity contribution in [1.82, 2.24) is 35.3 Å². The lowest BCUT2D eigenvalue weighted by molar-refractivity contribution is 0.952. The molecule has 0 atom stereocenters. The molecule has 0 saturated heterocycles. The number of aromatic nitrogens is 7. The SMILES string of the molecule is c1ccc(-c2nc(NCCc3cnc[nH]3)c3n[nH]nc3n2)cc1. The topological polar surface area (TPSA) is 108 Å². The minimum atomic E-state index is 0.544. The van der Waals surface area contributed by atoms with Crippen LogP contribution in [0, 0.1) is 0 Å². The first-order valence-electron chi connectivity index (χ1n) is 7.25. The van der Waals surface area contributed by atoms with Crippen molar-refractivity contribution in [3.05, 3.63) is 48.5 Å². The van der Waals surface area contributed by atoms with E-state index >= 15 is 0 Å². The van der Waals surface area contributed by atoms with Crippen molar-refractivity contribution in [2.45, 2.75) is 6.42 Å². The molecule has 0 spiro atoms. The zero-order chi connectivity index (χ0) is 15.5. The smallest absolute Gasteiger partial charge is 0.207 e. The molecule has 8 heteroatoms. The Morgan fingerprint density at radius 1 is 1.04 bits per heavy atom. The lowest BCUT2D eigenvalue weighted by Crippen LogP contribution is -2.08. The molecule has 1 aromatic carbocycles. The van der Waals surface area contributed by atoms with Crippen LogP contribution in [0.5, 0.6) is 0 Å². The van der Waals surface area contributed by atoms with Crippen molar-refractivity contribution < 1.29 is 0 Å². The van der Waals surface area contributed by atoms with Gasteiger partial charge in [-0.25, -0.2) is 15.0 Å². The summed E-state index contributed by atoms with van der Waals surface area (Å²) in [5.74, 6) is 1.29. The Balaban J connectivity index is 1.63. The number of hydrogen-bond acceptors (Lipinski definition) is 6. The van der Waals surface area contributed by atoms with Crippen molar-refractivity contribution in [2.24, 2.45) is 0 Å². The highest BCUT2D eigenvalue weighted by Gasteiger charge is 2.12. The Morgan fingerprint density at radius 2 is 1.96 bits per heavy atom. The van der Waals surface area contributed by atoms with Crippen LogP contribution >= 0.6 is 0 Å². The molecule has 0 radical (unpaired) electrons. The minimum Gasteiger partial charge on any atom is -0.368 e. The van der Waals surface area contributed by atoms with Crippen LogP contribution in [-0.2, 0) is 6.42 Å². The number of benzene rings is 1. The first kappa shape index (κ1) is 13.4. The summed E-state index contributed by atoms with van der Waals surface area (Å²) in [6.07, 6.45) is 4.29. The predicted octanol–water partition coefficient (Wildman–Crippen LogP) is 1.79. The van der Waals surface area contributed by atoms with E-state index in [2.05, 4.69) is 40.7 Å². The molecule has 4 rings (SSSR count). The number of nitrogens with one attached hydrogen (secondary N) is 3. The molecule has 3 heterocycles. The van der Waals surface area contributed by atoms with Gasteiger partial charge in [0.15, 0.2) is 17.2 Å². The Hall–Kier alpha value is -3.29. The maximum Gasteiger partial charge on any atom is 0.207 e. The lowest BCUT2D eigenvalue weighted by atomic mass is 10.2. The van der Waals surface area contributed by atoms with E-state index in [4.69, 9.17) is 0 Å². The number of nitrogens with zero attached hydrogens (tertiary/aromatic N) is 5. The molecule has 4 aromatic rings. The van der Waals surface area contributed by atoms with Crippen LogP contribution in [0.3, 0.4) is 0 Å². The van der Waals surface area contributed by atoms with E-state index in [9.17, 15) is 0 Å². The second-order valence-corrected chi connectivity index (χ2v) is 5.01. The van der Waals surface area contributed by atoms with Crippen LogP contribution in [0.15, 0.2) is 42.9 Å². The van der Waals surface area contributed by atoms with Crippen molar-refractivity contribution >= 4 is 17.0 Å². The summed E-state index contributed by atoms with van der Waals surface area (Å²) < 4.78 is 0. The standard InChI is InChI=1S/C15H14N8/c1-2-4-10(5-3-1)13-19-14(12-15(20-13)22-23-21-12)17-7-6-11-8-16-9-18-11/h1-5,8-9H,6-7H2,(H,16,18)(H2,17,19,20,21,22,23). The first-order chi connectivity index (χ1) is 11.4. The monoisotopic (exact) mass is 306 g/mol. The second-order valence-electron chi connectivity index (χ2n) is 5.01. The maximum absolute atomic E-state index is 4.59. The average molecular weight is 306 g/mol. The van der Waals surface area contributed by atoms with E-state index in [0.29, 0.717) is 29.4 Å². The number of anilines is 1. The van der Waals surface area contributed by atoms with Gasteiger partial charge in [0.2, 0.25) is 5.65 Å². The van der Waals surface area contributed by atoms with Gasteiger partial charge >= 0.3 is 0 Å². The molecular weight excluding hydrogens is 292 g/mol. The average Bonchev–Trinajstić information content (AvgIpc) is 3.26. The maximum atomic E-state index is 4.59. The summed E-state index contributed by atoms with van der Waals surface area (Å²) in [5, 5.41) is 14.1. The number of hydrogen-bond donors (Lipinski definition) is 3. The van der Waals surface area contributed by atoms with Gasteiger partial charge in [-0.05, 0) is 0 Å². The van der Waals surface area contributed by atoms with Crippen LogP contribution in [0.1, 0.15) is 5.69 Å². The van der Waals surface area contributed by atoms with Crippen molar-refractivity contribution in [3.63, 3.8) is 0 Å². The first-order valence-corrected chi connectivity index (χ1v) is 7.25. The molecule has 0 amide bonds. The van der Waals surface area contributed by atoms with Crippen molar-refractivity contribution in [2.75, 3.05) is 11.9 Å². The molecule has 114 valence electrons. The van der Waals surface area contributed by atoms with E-state index in [1.807, 2.05) is 36.5 Å². The third-order valence-electron chi connectivity index (χ3n) is 3.46. The predicted molar refractivity (Wildman–Crippen MR) is 85.7 cm³/mol. The van der Waals surface area contributed by atoms with Gasteiger partial charge in [-0.2, -0.15) is 10.3 Å². The van der Waals surface area contributed by atoms with Gasteiger partial charge in [-0.15, -0.1) is 5.10 Å². The molecule has 0 bridgehead atoms. The van der Waals surface area contributed by atoms with Gasteiger partial charge in [-0.3, -0.25) is 0 Å². The Kier molecular flexibility index (Phi) is 3.39. The zero-order valence-corrected chi connectivity index (χ0v) is 12.2. The minimum absolute atomic E-state index is 0.544. The quantitative estimate of drug-likeness (QED) is 0.519. The molecule has 0 aliphatic carbocycles. The van der Waals surface area contributed by atoms with Crippen LogP contribution in [0.4, 0.5) is 5.82 Å². The number of aromatic amines is 2. The molecule has 8 nitrogen and oxygen atoms in total. The summed E-state index contributed by atoms with van der Waals surface area (Å²) in [5.41, 5.74) is 3.18. The highest BCUT2D eigenvalue weighted by molar-refractivity contribution is 5.83. The molecule has 3 aromatic heterocycles. The Morgan fingerprint density at radius 3 is 2.78 bits per heavy atom. The van der Waals surface area contributed by atoms with Gasteiger partial charge in [0.05, 0.1) is 6.33 Å². The summed E-state index contributed by atoms with van der Waals surface area (Å²) in [7, 11) is 0.